The fraction of sp³-hybridized carbons (Fsp3) is 0.733. The van der Waals surface area contributed by atoms with Crippen LogP contribution in [-0.2, 0) is 0 Å². The Morgan fingerprint density at radius 3 is 1.61 bits per heavy atom. The number of fused-ring (bicyclic) bond motifs is 2. The number of nitrogens with one attached hydrogen (secondary N) is 2. The van der Waals surface area contributed by atoms with Crippen molar-refractivity contribution >= 4 is 11.8 Å². The second-order valence-corrected chi connectivity index (χ2v) is 17.0. The predicted molar refractivity (Wildman–Crippen MR) is 143 cm³/mol. The number of hydrogen-bond acceptors (Lipinski definition) is 11. The van der Waals surface area contributed by atoms with E-state index in [-0.39, 0.29) is 5.48 Å². The summed E-state index contributed by atoms with van der Waals surface area (Å²) in [5, 5.41) is 0. The van der Waals surface area contributed by atoms with Gasteiger partial charge < -0.3 is 24.1 Å². The van der Waals surface area contributed by atoms with Gasteiger partial charge in [-0.2, -0.15) is 0 Å². The fourth-order valence-corrected chi connectivity index (χ4v) is 11.4. The van der Waals surface area contributed by atoms with Crippen LogP contribution in [0.4, 0.5) is 0 Å². The van der Waals surface area contributed by atoms with Gasteiger partial charge in [0.2, 0.25) is 0 Å². The molecule has 2 aromatic heterocycles. The highest BCUT2D eigenvalue weighted by molar-refractivity contribution is 8.01. The van der Waals surface area contributed by atoms with Crippen LogP contribution in [0.5, 0.6) is 0 Å². The molecule has 46 heavy (non-hydrogen) atoms. The summed E-state index contributed by atoms with van der Waals surface area (Å²) in [6, 6.07) is 7.44. The SMILES string of the molecule is C[C@@H]1CC[C@@H](c2ccoc2)[NH+]2C[C@]3(CC[C@@H]12)CS[C@@]1(CC[C@H]2[C@H](C)CC[C@@H](c4ccoc4)[NH+]2C1)C3.O.[O-][Cl+3]([O-])([O-])[O-].[O-][Cl+3]([O-])([O-])[O-]. The van der Waals surface area contributed by atoms with Crippen LogP contribution in [0.2, 0.25) is 0 Å². The fourth-order valence-electron chi connectivity index (χ4n) is 9.54. The van der Waals surface area contributed by atoms with E-state index >= 15 is 0 Å². The monoisotopic (exact) mass is 712 g/mol. The summed E-state index contributed by atoms with van der Waals surface area (Å²) in [7, 11) is -9.89. The van der Waals surface area contributed by atoms with Crippen LogP contribution >= 0.6 is 11.8 Å². The van der Waals surface area contributed by atoms with Crippen molar-refractivity contribution in [2.75, 3.05) is 18.8 Å². The minimum absolute atomic E-state index is 0. The van der Waals surface area contributed by atoms with Gasteiger partial charge in [0.1, 0.15) is 12.1 Å². The summed E-state index contributed by atoms with van der Waals surface area (Å²) in [6.45, 7) is 7.80. The van der Waals surface area contributed by atoms with Gasteiger partial charge >= 0.3 is 0 Å². The summed E-state index contributed by atoms with van der Waals surface area (Å²) in [4.78, 5) is 3.79. The molecule has 5 fully saturated rings. The van der Waals surface area contributed by atoms with Crippen LogP contribution in [0.25, 0.3) is 0 Å². The average Bonchev–Trinajstić information content (AvgIpc) is 3.71. The van der Waals surface area contributed by atoms with E-state index in [0.717, 1.165) is 23.9 Å². The molecule has 16 heteroatoms. The summed E-state index contributed by atoms with van der Waals surface area (Å²) >= 11 is 2.39. The molecule has 4 N–H and O–H groups in total. The number of rotatable bonds is 2. The van der Waals surface area contributed by atoms with Gasteiger partial charge in [0, 0.05) is 59.8 Å². The van der Waals surface area contributed by atoms with Crippen LogP contribution in [0, 0.1) is 37.7 Å². The molecular formula is C30H46Cl2N2O11S. The van der Waals surface area contributed by atoms with Crippen molar-refractivity contribution in [2.45, 2.75) is 101 Å². The molecule has 262 valence electrons. The Morgan fingerprint density at radius 1 is 0.696 bits per heavy atom. The van der Waals surface area contributed by atoms with E-state index in [0.29, 0.717) is 22.2 Å². The number of piperidine rings is 4. The molecule has 2 aromatic rings. The van der Waals surface area contributed by atoms with Gasteiger partial charge in [-0.3, -0.25) is 0 Å². The van der Waals surface area contributed by atoms with Crippen LogP contribution in [0.1, 0.15) is 94.8 Å². The standard InChI is InChI=1S/C30H42N2O2S.2ClHO4.H2O/c1-21-3-5-27(23-9-13-33-15-23)31-18-29(11-7-25(21)31)17-30(35-20-29)12-8-26-22(2)4-6-28(32(26)19-30)24-10-14-34-16-24;2*2-1(3,4)5;/h9-10,13-16,21-22,25-28H,3-8,11-12,17-20H2,1-2H3;2*(H,2,3,4,5);1H2/t21-,22-,25+,26+,27+,28+,29-,30+;;;/m1.../s1. The first-order valence-corrected chi connectivity index (χ1v) is 19.1. The molecule has 10 atom stereocenters. The van der Waals surface area contributed by atoms with E-state index < -0.39 is 20.5 Å². The van der Waals surface area contributed by atoms with Crippen molar-refractivity contribution in [1.82, 2.24) is 0 Å². The summed E-state index contributed by atoms with van der Waals surface area (Å²) in [5.41, 5.74) is 3.43. The Balaban J connectivity index is 0.000000384. The molecule has 0 amide bonds. The number of halogens is 2. The lowest BCUT2D eigenvalue weighted by atomic mass is 9.67. The molecule has 5 aliphatic rings. The Kier molecular flexibility index (Phi) is 12.3. The minimum atomic E-state index is -4.94. The van der Waals surface area contributed by atoms with Crippen LogP contribution in [0.15, 0.2) is 46.0 Å². The highest BCUT2D eigenvalue weighted by Gasteiger charge is 2.60. The molecule has 5 saturated heterocycles. The zero-order valence-corrected chi connectivity index (χ0v) is 28.5. The first-order chi connectivity index (χ1) is 21.0. The maximum atomic E-state index is 8.49. The van der Waals surface area contributed by atoms with E-state index in [2.05, 4.69) is 37.7 Å². The smallest absolute Gasteiger partial charge is 0.116 e. The predicted octanol–water partition coefficient (Wildman–Crippen LogP) is -5.87. The van der Waals surface area contributed by atoms with E-state index in [1.54, 1.807) is 0 Å². The molecule has 5 aliphatic heterocycles. The largest absolute Gasteiger partial charge is 0.472 e. The average molecular weight is 714 g/mol. The van der Waals surface area contributed by atoms with E-state index in [1.807, 2.05) is 34.9 Å². The Bertz CT molecular complexity index is 1110. The minimum Gasteiger partial charge on any atom is -0.472 e. The van der Waals surface area contributed by atoms with E-state index in [4.69, 9.17) is 46.1 Å². The van der Waals surface area contributed by atoms with Crippen molar-refractivity contribution in [3.63, 3.8) is 0 Å². The quantitative estimate of drug-likeness (QED) is 0.297. The maximum absolute atomic E-state index is 8.49. The highest BCUT2D eigenvalue weighted by Crippen LogP contribution is 2.55. The van der Waals surface area contributed by atoms with Gasteiger partial charge in [0.05, 0.1) is 55.0 Å². The molecule has 0 bridgehead atoms. The van der Waals surface area contributed by atoms with E-state index in [1.165, 1.54) is 87.8 Å². The van der Waals surface area contributed by atoms with Crippen molar-refractivity contribution in [2.24, 2.45) is 17.3 Å². The molecular weight excluding hydrogens is 667 g/mol. The summed E-state index contributed by atoms with van der Waals surface area (Å²) < 4.78 is 79.5. The molecule has 7 heterocycles. The Labute approximate surface area is 277 Å². The van der Waals surface area contributed by atoms with Gasteiger partial charge in [-0.25, -0.2) is 37.3 Å². The molecule has 13 nitrogen and oxygen atoms in total. The van der Waals surface area contributed by atoms with Crippen molar-refractivity contribution in [3.8, 4) is 0 Å². The lowest BCUT2D eigenvalue weighted by Crippen LogP contribution is -3.20. The molecule has 0 aliphatic carbocycles. The Morgan fingerprint density at radius 2 is 1.15 bits per heavy atom. The number of furan rings is 2. The molecule has 2 spiro atoms. The van der Waals surface area contributed by atoms with Crippen molar-refractivity contribution < 1.29 is 81.9 Å². The van der Waals surface area contributed by atoms with Crippen molar-refractivity contribution in [1.29, 1.82) is 0 Å². The van der Waals surface area contributed by atoms with Crippen LogP contribution < -0.4 is 47.1 Å². The topological polar surface area (TPSA) is 251 Å². The first-order valence-electron chi connectivity index (χ1n) is 15.7. The zero-order chi connectivity index (χ0) is 32.6. The third-order valence-corrected chi connectivity index (χ3v) is 13.2. The van der Waals surface area contributed by atoms with Crippen LogP contribution in [0.3, 0.4) is 0 Å². The summed E-state index contributed by atoms with van der Waals surface area (Å²) in [6.07, 6.45) is 20.4. The number of quaternary nitrogens is 2. The zero-order valence-electron chi connectivity index (χ0n) is 26.2. The van der Waals surface area contributed by atoms with Crippen LogP contribution in [-0.4, -0.2) is 41.1 Å². The molecule has 0 saturated carbocycles. The van der Waals surface area contributed by atoms with Gasteiger partial charge in [-0.15, -0.1) is 32.2 Å². The third kappa shape index (κ3) is 9.39. The van der Waals surface area contributed by atoms with Gasteiger partial charge in [0.25, 0.3) is 0 Å². The van der Waals surface area contributed by atoms with Crippen molar-refractivity contribution in [3.05, 3.63) is 48.3 Å². The molecule has 2 unspecified atom stereocenters. The normalized spacial score (nSPS) is 38.8. The number of hydrogen-bond donors (Lipinski definition) is 2. The second kappa shape index (κ2) is 14.9. The van der Waals surface area contributed by atoms with Gasteiger partial charge in [-0.1, -0.05) is 13.8 Å². The van der Waals surface area contributed by atoms with Gasteiger partial charge in [0.15, 0.2) is 0 Å². The summed E-state index contributed by atoms with van der Waals surface area (Å²) in [5.74, 6) is 3.11. The molecule has 7 rings (SSSR count). The second-order valence-electron chi connectivity index (χ2n) is 14.0. The van der Waals surface area contributed by atoms with Gasteiger partial charge in [-0.05, 0) is 44.2 Å². The molecule has 0 aromatic carbocycles. The maximum Gasteiger partial charge on any atom is 0.116 e. The molecule has 0 radical (unpaired) electrons. The lowest BCUT2D eigenvalue weighted by molar-refractivity contribution is -2.00. The van der Waals surface area contributed by atoms with E-state index in [9.17, 15) is 0 Å². The number of thioether (sulfide) groups is 1. The first kappa shape index (κ1) is 37.9. The Hall–Kier alpha value is -0.950. The lowest BCUT2D eigenvalue weighted by Gasteiger charge is -2.52. The highest BCUT2D eigenvalue weighted by atomic mass is 35.7. The third-order valence-electron chi connectivity index (χ3n) is 11.3.